The Hall–Kier alpha value is -1.19. The maximum atomic E-state index is 5.56. The van der Waals surface area contributed by atoms with Crippen molar-refractivity contribution in [2.24, 2.45) is 0 Å². The summed E-state index contributed by atoms with van der Waals surface area (Å²) in [5.74, 6) is 2.28. The van der Waals surface area contributed by atoms with Gasteiger partial charge in [0.2, 0.25) is 0 Å². The highest BCUT2D eigenvalue weighted by atomic mass is 32.2. The Bertz CT molecular complexity index is 620. The molecule has 2 nitrogen and oxygen atoms in total. The molecule has 1 heterocycles. The van der Waals surface area contributed by atoms with Crippen LogP contribution in [0.1, 0.15) is 25.3 Å². The van der Waals surface area contributed by atoms with Gasteiger partial charge >= 0.3 is 0 Å². The van der Waals surface area contributed by atoms with Crippen LogP contribution in [0.3, 0.4) is 0 Å². The molecule has 1 saturated heterocycles. The Kier molecular flexibility index (Phi) is 4.41. The van der Waals surface area contributed by atoms with Gasteiger partial charge in [0.25, 0.3) is 0 Å². The van der Waals surface area contributed by atoms with Gasteiger partial charge < -0.3 is 10.1 Å². The van der Waals surface area contributed by atoms with Crippen molar-refractivity contribution >= 4 is 22.5 Å². The van der Waals surface area contributed by atoms with Crippen LogP contribution in [0.5, 0.6) is 5.75 Å². The minimum Gasteiger partial charge on any atom is -0.496 e. The van der Waals surface area contributed by atoms with Gasteiger partial charge in [-0.05, 0) is 42.4 Å². The number of rotatable bonds is 5. The van der Waals surface area contributed by atoms with Gasteiger partial charge in [0.1, 0.15) is 5.75 Å². The summed E-state index contributed by atoms with van der Waals surface area (Å²) in [4.78, 5) is 0. The van der Waals surface area contributed by atoms with E-state index in [1.54, 1.807) is 7.11 Å². The van der Waals surface area contributed by atoms with E-state index < -0.39 is 0 Å². The molecule has 0 saturated carbocycles. The van der Waals surface area contributed by atoms with Gasteiger partial charge in [0.15, 0.2) is 0 Å². The molecule has 0 radical (unpaired) electrons. The van der Waals surface area contributed by atoms with Crippen LogP contribution in [0.2, 0.25) is 0 Å². The van der Waals surface area contributed by atoms with E-state index >= 15 is 0 Å². The fraction of sp³-hybridized carbons (Fsp3) is 0.444. The van der Waals surface area contributed by atoms with Crippen LogP contribution in [-0.4, -0.2) is 24.2 Å². The van der Waals surface area contributed by atoms with Crippen molar-refractivity contribution < 1.29 is 4.74 Å². The predicted octanol–water partition coefficient (Wildman–Crippen LogP) is 4.22. The molecule has 0 amide bonds. The summed E-state index contributed by atoms with van der Waals surface area (Å²) < 4.78 is 5.96. The van der Waals surface area contributed by atoms with E-state index in [4.69, 9.17) is 4.74 Å². The molecule has 3 rings (SSSR count). The minimum absolute atomic E-state index is 0.401. The molecule has 0 spiro atoms. The highest BCUT2D eigenvalue weighted by molar-refractivity contribution is 8.00. The first-order chi connectivity index (χ1) is 10.2. The summed E-state index contributed by atoms with van der Waals surface area (Å²) in [5.41, 5.74) is 1.27. The Balaban J connectivity index is 1.79. The van der Waals surface area contributed by atoms with Gasteiger partial charge in [-0.1, -0.05) is 30.3 Å². The Labute approximate surface area is 131 Å². The lowest BCUT2D eigenvalue weighted by Gasteiger charge is -2.23. The number of benzene rings is 2. The second kappa shape index (κ2) is 6.29. The molecule has 1 aliphatic rings. The van der Waals surface area contributed by atoms with E-state index in [0.717, 1.165) is 18.8 Å². The zero-order valence-corrected chi connectivity index (χ0v) is 13.6. The van der Waals surface area contributed by atoms with Crippen LogP contribution in [-0.2, 0) is 6.54 Å². The van der Waals surface area contributed by atoms with Gasteiger partial charge in [-0.25, -0.2) is 0 Å². The highest BCUT2D eigenvalue weighted by Gasteiger charge is 2.28. The number of hydrogen-bond acceptors (Lipinski definition) is 3. The maximum absolute atomic E-state index is 5.56. The number of hydrogen-bond donors (Lipinski definition) is 1. The largest absolute Gasteiger partial charge is 0.496 e. The van der Waals surface area contributed by atoms with Crippen molar-refractivity contribution in [3.05, 3.63) is 42.0 Å². The molecule has 0 bridgehead atoms. The van der Waals surface area contributed by atoms with E-state index in [1.165, 1.54) is 34.9 Å². The predicted molar refractivity (Wildman–Crippen MR) is 92.3 cm³/mol. The summed E-state index contributed by atoms with van der Waals surface area (Å²) in [5, 5.41) is 6.21. The number of ether oxygens (including phenoxy) is 1. The molecule has 2 aromatic carbocycles. The fourth-order valence-corrected chi connectivity index (χ4v) is 4.39. The van der Waals surface area contributed by atoms with E-state index in [2.05, 4.69) is 60.4 Å². The van der Waals surface area contributed by atoms with Crippen LogP contribution < -0.4 is 10.1 Å². The molecule has 1 N–H and O–H groups in total. The molecular formula is C18H23NOS. The number of nitrogens with one attached hydrogen (secondary N) is 1. The molecule has 21 heavy (non-hydrogen) atoms. The van der Waals surface area contributed by atoms with Gasteiger partial charge in [-0.3, -0.25) is 0 Å². The summed E-state index contributed by atoms with van der Waals surface area (Å²) in [7, 11) is 1.75. The number of thioether (sulfide) groups is 1. The third-order valence-electron chi connectivity index (χ3n) is 4.32. The fourth-order valence-electron chi connectivity index (χ4n) is 3.12. The summed E-state index contributed by atoms with van der Waals surface area (Å²) in [6.45, 7) is 4.29. The quantitative estimate of drug-likeness (QED) is 0.893. The van der Waals surface area contributed by atoms with Crippen molar-refractivity contribution in [3.8, 4) is 5.75 Å². The molecule has 1 fully saturated rings. The van der Waals surface area contributed by atoms with Crippen LogP contribution in [0.25, 0.3) is 10.8 Å². The highest BCUT2D eigenvalue weighted by Crippen LogP contribution is 2.37. The summed E-state index contributed by atoms with van der Waals surface area (Å²) in [6, 6.07) is 12.7. The molecule has 2 aromatic rings. The van der Waals surface area contributed by atoms with Crippen molar-refractivity contribution in [3.63, 3.8) is 0 Å². The molecule has 1 atom stereocenters. The molecular weight excluding hydrogens is 278 g/mol. The summed E-state index contributed by atoms with van der Waals surface area (Å²) in [6.07, 6.45) is 2.66. The third kappa shape index (κ3) is 3.19. The van der Waals surface area contributed by atoms with E-state index in [9.17, 15) is 0 Å². The zero-order chi connectivity index (χ0) is 14.7. The van der Waals surface area contributed by atoms with Gasteiger partial charge in [-0.15, -0.1) is 0 Å². The van der Waals surface area contributed by atoms with Crippen LogP contribution in [0, 0.1) is 0 Å². The Morgan fingerprint density at radius 3 is 2.86 bits per heavy atom. The summed E-state index contributed by atoms with van der Waals surface area (Å²) >= 11 is 2.10. The van der Waals surface area contributed by atoms with E-state index in [0.29, 0.717) is 4.75 Å². The van der Waals surface area contributed by atoms with E-state index in [1.807, 2.05) is 0 Å². The van der Waals surface area contributed by atoms with Crippen LogP contribution in [0.15, 0.2) is 36.4 Å². The molecule has 112 valence electrons. The lowest BCUT2D eigenvalue weighted by molar-refractivity contribution is 0.407. The maximum Gasteiger partial charge on any atom is 0.123 e. The average molecular weight is 301 g/mol. The second-order valence-electron chi connectivity index (χ2n) is 5.97. The standard InChI is InChI=1S/C18H23NOS/c1-18(10-5-11-21-18)13-19-12-16-15-7-4-3-6-14(15)8-9-17(16)20-2/h3-4,6-9,19H,5,10-13H2,1-2H3. The second-order valence-corrected chi connectivity index (χ2v) is 7.66. The lowest BCUT2D eigenvalue weighted by atomic mass is 10.0. The monoisotopic (exact) mass is 301 g/mol. The van der Waals surface area contributed by atoms with Gasteiger partial charge in [0.05, 0.1) is 7.11 Å². The molecule has 0 aromatic heterocycles. The topological polar surface area (TPSA) is 21.3 Å². The van der Waals surface area contributed by atoms with Crippen molar-refractivity contribution in [2.75, 3.05) is 19.4 Å². The van der Waals surface area contributed by atoms with Crippen LogP contribution in [0.4, 0.5) is 0 Å². The first kappa shape index (κ1) is 14.7. The minimum atomic E-state index is 0.401. The van der Waals surface area contributed by atoms with E-state index in [-0.39, 0.29) is 0 Å². The van der Waals surface area contributed by atoms with Crippen molar-refractivity contribution in [1.29, 1.82) is 0 Å². The molecule has 1 unspecified atom stereocenters. The molecule has 3 heteroatoms. The Morgan fingerprint density at radius 2 is 2.10 bits per heavy atom. The lowest BCUT2D eigenvalue weighted by Crippen LogP contribution is -2.32. The third-order valence-corrected chi connectivity index (χ3v) is 5.86. The van der Waals surface area contributed by atoms with Crippen LogP contribution >= 0.6 is 11.8 Å². The molecule has 0 aliphatic carbocycles. The first-order valence-corrected chi connectivity index (χ1v) is 8.60. The first-order valence-electron chi connectivity index (χ1n) is 7.61. The smallest absolute Gasteiger partial charge is 0.123 e. The van der Waals surface area contributed by atoms with Gasteiger partial charge in [-0.2, -0.15) is 11.8 Å². The molecule has 1 aliphatic heterocycles. The average Bonchev–Trinajstić information content (AvgIpc) is 2.94. The number of fused-ring (bicyclic) bond motifs is 1. The SMILES string of the molecule is COc1ccc2ccccc2c1CNCC1(C)CCCS1. The van der Waals surface area contributed by atoms with Crippen molar-refractivity contribution in [1.82, 2.24) is 5.32 Å². The zero-order valence-electron chi connectivity index (χ0n) is 12.8. The van der Waals surface area contributed by atoms with Gasteiger partial charge in [0, 0.05) is 23.4 Å². The van der Waals surface area contributed by atoms with Crippen molar-refractivity contribution in [2.45, 2.75) is 31.1 Å². The Morgan fingerprint density at radius 1 is 1.24 bits per heavy atom. The normalized spacial score (nSPS) is 21.8. The number of methoxy groups -OCH3 is 1.